The van der Waals surface area contributed by atoms with Crippen molar-refractivity contribution < 1.29 is 19.7 Å². The van der Waals surface area contributed by atoms with Crippen molar-refractivity contribution in [3.8, 4) is 0 Å². The number of hydrogen-bond donors (Lipinski definition) is 2. The molecule has 2 aliphatic rings. The van der Waals surface area contributed by atoms with Gasteiger partial charge in [0.2, 0.25) is 0 Å². The number of carboxylic acids is 1. The van der Waals surface area contributed by atoms with Gasteiger partial charge in [0.15, 0.2) is 0 Å². The van der Waals surface area contributed by atoms with Gasteiger partial charge in [-0.05, 0) is 19.3 Å². The first-order valence-corrected chi connectivity index (χ1v) is 4.19. The van der Waals surface area contributed by atoms with Crippen LogP contribution in [0, 0.1) is 5.41 Å². The maximum Gasteiger partial charge on any atom is 0.314 e. The van der Waals surface area contributed by atoms with Gasteiger partial charge in [0, 0.05) is 0 Å². The average molecular weight is 172 g/mol. The molecule has 2 heterocycles. The van der Waals surface area contributed by atoms with Gasteiger partial charge in [-0.3, -0.25) is 4.79 Å². The van der Waals surface area contributed by atoms with Gasteiger partial charge < -0.3 is 14.9 Å². The Labute approximate surface area is 70.1 Å². The molecule has 0 aromatic rings. The van der Waals surface area contributed by atoms with Crippen LogP contribution < -0.4 is 0 Å². The first-order chi connectivity index (χ1) is 5.69. The molecule has 0 radical (unpaired) electrons. The minimum absolute atomic E-state index is 0.0678. The topological polar surface area (TPSA) is 66.8 Å². The second-order valence-electron chi connectivity index (χ2n) is 3.65. The largest absolute Gasteiger partial charge is 0.481 e. The van der Waals surface area contributed by atoms with Crippen LogP contribution in [0.1, 0.15) is 19.3 Å². The molecule has 2 rings (SSSR count). The van der Waals surface area contributed by atoms with Crippen molar-refractivity contribution in [3.63, 3.8) is 0 Å². The Kier molecular flexibility index (Phi) is 1.63. The van der Waals surface area contributed by atoms with Gasteiger partial charge in [-0.2, -0.15) is 0 Å². The van der Waals surface area contributed by atoms with Crippen LogP contribution in [0.15, 0.2) is 0 Å². The first-order valence-electron chi connectivity index (χ1n) is 4.19. The van der Waals surface area contributed by atoms with Crippen molar-refractivity contribution in [2.75, 3.05) is 6.61 Å². The fraction of sp³-hybridized carbons (Fsp3) is 0.875. The van der Waals surface area contributed by atoms with Gasteiger partial charge in [-0.15, -0.1) is 0 Å². The maximum atomic E-state index is 10.9. The standard InChI is InChI=1S/C8H12O4/c9-4-8(7(10)11)3-5-1-2-6(8)12-5/h5-6,9H,1-4H2,(H,10,11). The molecule has 2 N–H and O–H groups in total. The Morgan fingerprint density at radius 3 is 2.58 bits per heavy atom. The number of carbonyl (C=O) groups is 1. The lowest BCUT2D eigenvalue weighted by Gasteiger charge is -2.28. The van der Waals surface area contributed by atoms with Gasteiger partial charge in [-0.1, -0.05) is 0 Å². The van der Waals surface area contributed by atoms with E-state index in [2.05, 4.69) is 0 Å². The van der Waals surface area contributed by atoms with E-state index < -0.39 is 11.4 Å². The molecule has 0 amide bonds. The molecule has 68 valence electrons. The highest BCUT2D eigenvalue weighted by Crippen LogP contribution is 2.47. The van der Waals surface area contributed by atoms with E-state index in [4.69, 9.17) is 14.9 Å². The predicted molar refractivity (Wildman–Crippen MR) is 39.7 cm³/mol. The molecule has 12 heavy (non-hydrogen) atoms. The van der Waals surface area contributed by atoms with Crippen LogP contribution in [0.2, 0.25) is 0 Å². The van der Waals surface area contributed by atoms with Gasteiger partial charge in [0.25, 0.3) is 0 Å². The molecule has 2 bridgehead atoms. The Bertz CT molecular complexity index is 215. The van der Waals surface area contributed by atoms with Crippen molar-refractivity contribution in [2.24, 2.45) is 5.41 Å². The minimum Gasteiger partial charge on any atom is -0.481 e. The fourth-order valence-electron chi connectivity index (χ4n) is 2.26. The summed E-state index contributed by atoms with van der Waals surface area (Å²) in [7, 11) is 0. The summed E-state index contributed by atoms with van der Waals surface area (Å²) < 4.78 is 5.40. The number of aliphatic carboxylic acids is 1. The predicted octanol–water partition coefficient (Wildman–Crippen LogP) is 0.001000. The average Bonchev–Trinajstić information content (AvgIpc) is 2.62. The summed E-state index contributed by atoms with van der Waals surface area (Å²) in [4.78, 5) is 10.9. The molecular formula is C8H12O4. The molecule has 4 heteroatoms. The maximum absolute atomic E-state index is 10.9. The minimum atomic E-state index is -0.997. The van der Waals surface area contributed by atoms with Crippen LogP contribution in [-0.2, 0) is 9.53 Å². The normalized spacial score (nSPS) is 45.1. The van der Waals surface area contributed by atoms with Crippen LogP contribution in [0.3, 0.4) is 0 Å². The van der Waals surface area contributed by atoms with Crippen molar-refractivity contribution >= 4 is 5.97 Å². The summed E-state index contributed by atoms with van der Waals surface area (Å²) in [6.45, 7) is -0.302. The highest BCUT2D eigenvalue weighted by molar-refractivity contribution is 5.76. The van der Waals surface area contributed by atoms with E-state index in [0.29, 0.717) is 6.42 Å². The Balaban J connectivity index is 2.25. The van der Waals surface area contributed by atoms with E-state index >= 15 is 0 Å². The van der Waals surface area contributed by atoms with E-state index in [0.717, 1.165) is 12.8 Å². The summed E-state index contributed by atoms with van der Waals surface area (Å²) in [6, 6.07) is 0. The summed E-state index contributed by atoms with van der Waals surface area (Å²) in [5, 5.41) is 18.0. The summed E-state index contributed by atoms with van der Waals surface area (Å²) in [5.74, 6) is -0.919. The fourth-order valence-corrected chi connectivity index (χ4v) is 2.26. The monoisotopic (exact) mass is 172 g/mol. The first kappa shape index (κ1) is 8.01. The lowest BCUT2D eigenvalue weighted by Crippen LogP contribution is -2.43. The molecule has 3 atom stereocenters. The molecule has 0 aliphatic carbocycles. The van der Waals surface area contributed by atoms with Gasteiger partial charge in [-0.25, -0.2) is 0 Å². The van der Waals surface area contributed by atoms with Crippen LogP contribution in [0.25, 0.3) is 0 Å². The zero-order chi connectivity index (χ0) is 8.77. The molecule has 0 spiro atoms. The lowest BCUT2D eigenvalue weighted by molar-refractivity contribution is -0.155. The molecular weight excluding hydrogens is 160 g/mol. The molecule has 0 aromatic heterocycles. The summed E-state index contributed by atoms with van der Waals surface area (Å²) in [6.07, 6.45) is 2.00. The van der Waals surface area contributed by atoms with Crippen molar-refractivity contribution in [1.29, 1.82) is 0 Å². The van der Waals surface area contributed by atoms with E-state index in [1.807, 2.05) is 0 Å². The molecule has 3 unspecified atom stereocenters. The Morgan fingerprint density at radius 1 is 1.58 bits per heavy atom. The molecule has 4 nitrogen and oxygen atoms in total. The van der Waals surface area contributed by atoms with E-state index in [9.17, 15) is 4.79 Å². The smallest absolute Gasteiger partial charge is 0.314 e. The lowest BCUT2D eigenvalue weighted by atomic mass is 9.74. The number of fused-ring (bicyclic) bond motifs is 2. The highest BCUT2D eigenvalue weighted by Gasteiger charge is 2.57. The van der Waals surface area contributed by atoms with Crippen LogP contribution in [0.5, 0.6) is 0 Å². The Hall–Kier alpha value is -0.610. The molecule has 0 aromatic carbocycles. The quantitative estimate of drug-likeness (QED) is 0.615. The number of carboxylic acid groups (broad SMARTS) is 1. The van der Waals surface area contributed by atoms with Gasteiger partial charge in [0.05, 0.1) is 18.8 Å². The molecule has 2 saturated heterocycles. The van der Waals surface area contributed by atoms with E-state index in [1.165, 1.54) is 0 Å². The number of ether oxygens (including phenoxy) is 1. The number of aliphatic hydroxyl groups excluding tert-OH is 1. The molecule has 2 aliphatic heterocycles. The third kappa shape index (κ3) is 0.820. The zero-order valence-electron chi connectivity index (χ0n) is 6.69. The van der Waals surface area contributed by atoms with Crippen LogP contribution in [0.4, 0.5) is 0 Å². The van der Waals surface area contributed by atoms with E-state index in [-0.39, 0.29) is 18.8 Å². The number of rotatable bonds is 2. The summed E-state index contributed by atoms with van der Waals surface area (Å²) in [5.41, 5.74) is -0.997. The van der Waals surface area contributed by atoms with Crippen molar-refractivity contribution in [2.45, 2.75) is 31.5 Å². The Morgan fingerprint density at radius 2 is 2.33 bits per heavy atom. The van der Waals surface area contributed by atoms with Crippen molar-refractivity contribution in [1.82, 2.24) is 0 Å². The summed E-state index contributed by atoms with van der Waals surface area (Å²) >= 11 is 0. The third-order valence-corrected chi connectivity index (χ3v) is 3.02. The second kappa shape index (κ2) is 2.44. The zero-order valence-corrected chi connectivity index (χ0v) is 6.69. The molecule has 2 fully saturated rings. The van der Waals surface area contributed by atoms with E-state index in [1.54, 1.807) is 0 Å². The van der Waals surface area contributed by atoms with Crippen molar-refractivity contribution in [3.05, 3.63) is 0 Å². The SMILES string of the molecule is O=C(O)C1(CO)CC2CCC1O2. The van der Waals surface area contributed by atoms with Crippen LogP contribution in [-0.4, -0.2) is 35.0 Å². The highest BCUT2D eigenvalue weighted by atomic mass is 16.5. The number of aliphatic hydroxyl groups is 1. The van der Waals surface area contributed by atoms with Gasteiger partial charge in [0.1, 0.15) is 5.41 Å². The van der Waals surface area contributed by atoms with Gasteiger partial charge >= 0.3 is 5.97 Å². The second-order valence-corrected chi connectivity index (χ2v) is 3.65. The number of hydrogen-bond acceptors (Lipinski definition) is 3. The van der Waals surface area contributed by atoms with Crippen LogP contribution >= 0.6 is 0 Å². The third-order valence-electron chi connectivity index (χ3n) is 3.02. The molecule has 0 saturated carbocycles.